The summed E-state index contributed by atoms with van der Waals surface area (Å²) in [5, 5.41) is 11.5. The molecule has 1 fully saturated rings. The minimum Gasteiger partial charge on any atom is -0.507 e. The molecule has 2 aromatic rings. The van der Waals surface area contributed by atoms with Gasteiger partial charge in [-0.05, 0) is 50.8 Å². The molecule has 1 unspecified atom stereocenters. The topological polar surface area (TPSA) is 79.3 Å². The van der Waals surface area contributed by atoms with Gasteiger partial charge < -0.3 is 24.4 Å². The van der Waals surface area contributed by atoms with E-state index in [0.717, 1.165) is 0 Å². The molecular weight excluding hydrogens is 467 g/mol. The molecule has 1 N–H and O–H groups in total. The maximum atomic E-state index is 13.1. The molecule has 1 saturated heterocycles. The van der Waals surface area contributed by atoms with Gasteiger partial charge in [0.05, 0.1) is 35.4 Å². The summed E-state index contributed by atoms with van der Waals surface area (Å²) in [6.45, 7) is 3.16. The average molecular weight is 493 g/mol. The Labute approximate surface area is 203 Å². The molecule has 1 atom stereocenters. The van der Waals surface area contributed by atoms with E-state index in [9.17, 15) is 14.7 Å². The van der Waals surface area contributed by atoms with Gasteiger partial charge in [0.1, 0.15) is 11.5 Å². The third kappa shape index (κ3) is 5.11. The van der Waals surface area contributed by atoms with Gasteiger partial charge in [-0.25, -0.2) is 0 Å². The number of ether oxygens (including phenoxy) is 2. The highest BCUT2D eigenvalue weighted by molar-refractivity contribution is 6.46. The average Bonchev–Trinajstić information content (AvgIpc) is 3.02. The summed E-state index contributed by atoms with van der Waals surface area (Å²) in [7, 11) is 5.18. The third-order valence-electron chi connectivity index (χ3n) is 5.29. The number of likely N-dealkylation sites (tertiary alicyclic amines) is 1. The smallest absolute Gasteiger partial charge is 0.295 e. The molecule has 0 radical (unpaired) electrons. The Bertz CT molecular complexity index is 1080. The number of rotatable bonds is 8. The predicted octanol–water partition coefficient (Wildman–Crippen LogP) is 4.38. The standard InChI is InChI=1S/C24H26Cl2N2O5/c1-5-33-16-8-6-7-14(11-16)20-19(22(30)24(31)28(20)10-9-27(2)3)21(29)15-12-17(25)23(32-4)18(26)13-15/h6-8,11-13,20,29H,5,9-10H2,1-4H3/b21-19+. The van der Waals surface area contributed by atoms with E-state index in [0.29, 0.717) is 31.0 Å². The first-order chi connectivity index (χ1) is 15.7. The van der Waals surface area contributed by atoms with Crippen LogP contribution in [0.3, 0.4) is 0 Å². The Morgan fingerprint density at radius 3 is 2.39 bits per heavy atom. The first-order valence-electron chi connectivity index (χ1n) is 10.4. The fraction of sp³-hybridized carbons (Fsp3) is 0.333. The number of ketones is 1. The molecule has 3 rings (SSSR count). The number of hydrogen-bond donors (Lipinski definition) is 1. The molecule has 0 saturated carbocycles. The van der Waals surface area contributed by atoms with Crippen LogP contribution in [0.25, 0.3) is 5.76 Å². The molecule has 0 bridgehead atoms. The van der Waals surface area contributed by atoms with Gasteiger partial charge >= 0.3 is 0 Å². The molecule has 1 aliphatic heterocycles. The highest BCUT2D eigenvalue weighted by atomic mass is 35.5. The Morgan fingerprint density at radius 2 is 1.82 bits per heavy atom. The third-order valence-corrected chi connectivity index (χ3v) is 5.85. The predicted molar refractivity (Wildman–Crippen MR) is 128 cm³/mol. The first-order valence-corrected chi connectivity index (χ1v) is 11.1. The first kappa shape index (κ1) is 24.9. The van der Waals surface area contributed by atoms with E-state index >= 15 is 0 Å². The molecule has 9 heteroatoms. The zero-order valence-electron chi connectivity index (χ0n) is 18.9. The largest absolute Gasteiger partial charge is 0.507 e. The van der Waals surface area contributed by atoms with Gasteiger partial charge in [0, 0.05) is 18.7 Å². The summed E-state index contributed by atoms with van der Waals surface area (Å²) in [5.74, 6) is -0.970. The second-order valence-corrected chi connectivity index (χ2v) is 8.59. The van der Waals surface area contributed by atoms with Crippen LogP contribution in [0.5, 0.6) is 11.5 Å². The molecule has 1 heterocycles. The van der Waals surface area contributed by atoms with Crippen LogP contribution >= 0.6 is 23.2 Å². The van der Waals surface area contributed by atoms with Crippen molar-refractivity contribution in [1.82, 2.24) is 9.80 Å². The zero-order valence-corrected chi connectivity index (χ0v) is 20.4. The molecule has 2 aromatic carbocycles. The van der Waals surface area contributed by atoms with Gasteiger partial charge in [-0.15, -0.1) is 0 Å². The summed E-state index contributed by atoms with van der Waals surface area (Å²) >= 11 is 12.5. The van der Waals surface area contributed by atoms with Crippen LogP contribution in [0.4, 0.5) is 0 Å². The lowest BCUT2D eigenvalue weighted by Crippen LogP contribution is -2.35. The van der Waals surface area contributed by atoms with Crippen molar-refractivity contribution < 1.29 is 24.2 Å². The Morgan fingerprint density at radius 1 is 1.15 bits per heavy atom. The molecule has 1 aliphatic rings. The number of carbonyl (C=O) groups is 2. The molecule has 0 aromatic heterocycles. The van der Waals surface area contributed by atoms with Crippen LogP contribution in [0, 0.1) is 0 Å². The number of nitrogens with zero attached hydrogens (tertiary/aromatic N) is 2. The number of aliphatic hydroxyl groups is 1. The Kier molecular flexibility index (Phi) is 7.89. The minimum atomic E-state index is -0.801. The van der Waals surface area contributed by atoms with Crippen LogP contribution in [-0.4, -0.2) is 67.5 Å². The van der Waals surface area contributed by atoms with Crippen LogP contribution in [0.2, 0.25) is 10.0 Å². The maximum absolute atomic E-state index is 13.1. The molecule has 33 heavy (non-hydrogen) atoms. The van der Waals surface area contributed by atoms with Crippen LogP contribution in [0.1, 0.15) is 24.1 Å². The SMILES string of the molecule is CCOc1cccc(C2/C(=C(\O)c3cc(Cl)c(OC)c(Cl)c3)C(=O)C(=O)N2CCN(C)C)c1. The van der Waals surface area contributed by atoms with E-state index in [-0.39, 0.29) is 32.7 Å². The van der Waals surface area contributed by atoms with E-state index in [4.69, 9.17) is 32.7 Å². The van der Waals surface area contributed by atoms with Crippen molar-refractivity contribution in [3.05, 3.63) is 63.1 Å². The number of likely N-dealkylation sites (N-methyl/N-ethyl adjacent to an activating group) is 1. The van der Waals surface area contributed by atoms with Crippen molar-refractivity contribution in [3.8, 4) is 11.5 Å². The maximum Gasteiger partial charge on any atom is 0.295 e. The number of benzene rings is 2. The van der Waals surface area contributed by atoms with Crippen molar-refractivity contribution in [1.29, 1.82) is 0 Å². The summed E-state index contributed by atoms with van der Waals surface area (Å²) in [5.41, 5.74) is 0.818. The fourth-order valence-corrected chi connectivity index (χ4v) is 4.39. The number of aliphatic hydroxyl groups excluding tert-OH is 1. The zero-order chi connectivity index (χ0) is 24.3. The molecule has 0 aliphatic carbocycles. The highest BCUT2D eigenvalue weighted by Crippen LogP contribution is 2.42. The highest BCUT2D eigenvalue weighted by Gasteiger charge is 2.46. The van der Waals surface area contributed by atoms with E-state index < -0.39 is 17.7 Å². The van der Waals surface area contributed by atoms with E-state index in [1.165, 1.54) is 24.1 Å². The monoisotopic (exact) mass is 492 g/mol. The number of hydrogen-bond acceptors (Lipinski definition) is 6. The van der Waals surface area contributed by atoms with Gasteiger partial charge in [-0.2, -0.15) is 0 Å². The van der Waals surface area contributed by atoms with Crippen molar-refractivity contribution in [2.45, 2.75) is 13.0 Å². The quantitative estimate of drug-likeness (QED) is 0.334. The Hall–Kier alpha value is -2.74. The second-order valence-electron chi connectivity index (χ2n) is 7.77. The van der Waals surface area contributed by atoms with Crippen molar-refractivity contribution in [3.63, 3.8) is 0 Å². The summed E-state index contributed by atoms with van der Waals surface area (Å²) < 4.78 is 10.8. The van der Waals surface area contributed by atoms with Gasteiger partial charge in [-0.1, -0.05) is 35.3 Å². The summed E-state index contributed by atoms with van der Waals surface area (Å²) in [6.07, 6.45) is 0. The van der Waals surface area contributed by atoms with E-state index in [2.05, 4.69) is 0 Å². The number of amides is 1. The van der Waals surface area contributed by atoms with Crippen molar-refractivity contribution in [2.75, 3.05) is 40.9 Å². The lowest BCUT2D eigenvalue weighted by Gasteiger charge is -2.27. The van der Waals surface area contributed by atoms with Gasteiger partial charge in [0.25, 0.3) is 11.7 Å². The molecule has 0 spiro atoms. The number of carbonyl (C=O) groups excluding carboxylic acids is 2. The van der Waals surface area contributed by atoms with Gasteiger partial charge in [0.15, 0.2) is 5.75 Å². The number of Topliss-reactive ketones (excluding diaryl/α,β-unsaturated/α-hetero) is 1. The van der Waals surface area contributed by atoms with Gasteiger partial charge in [-0.3, -0.25) is 9.59 Å². The second kappa shape index (κ2) is 10.5. The fourth-order valence-electron chi connectivity index (χ4n) is 3.75. The van der Waals surface area contributed by atoms with Gasteiger partial charge in [0.2, 0.25) is 0 Å². The summed E-state index contributed by atoms with van der Waals surface area (Å²) in [4.78, 5) is 29.5. The normalized spacial score (nSPS) is 17.7. The minimum absolute atomic E-state index is 0.0373. The lowest BCUT2D eigenvalue weighted by molar-refractivity contribution is -0.140. The Balaban J connectivity index is 2.19. The van der Waals surface area contributed by atoms with Crippen molar-refractivity contribution >= 4 is 40.7 Å². The van der Waals surface area contributed by atoms with Crippen LogP contribution in [-0.2, 0) is 9.59 Å². The van der Waals surface area contributed by atoms with Crippen LogP contribution in [0.15, 0.2) is 42.0 Å². The summed E-state index contributed by atoms with van der Waals surface area (Å²) in [6, 6.07) is 9.23. The van der Waals surface area contributed by atoms with E-state index in [1.807, 2.05) is 25.9 Å². The lowest BCUT2D eigenvalue weighted by atomic mass is 9.95. The van der Waals surface area contributed by atoms with E-state index in [1.54, 1.807) is 24.3 Å². The van der Waals surface area contributed by atoms with Crippen molar-refractivity contribution in [2.24, 2.45) is 0 Å². The number of halogens is 2. The molecular formula is C24H26Cl2N2O5. The van der Waals surface area contributed by atoms with Crippen LogP contribution < -0.4 is 9.47 Å². The molecule has 176 valence electrons. The molecule has 1 amide bonds. The number of methoxy groups -OCH3 is 1. The molecule has 7 nitrogen and oxygen atoms in total.